The van der Waals surface area contributed by atoms with Crippen LogP contribution >= 0.6 is 0 Å². The number of hydrogen-bond donors (Lipinski definition) is 2. The van der Waals surface area contributed by atoms with Crippen molar-refractivity contribution in [3.8, 4) is 28.5 Å². The fraction of sp³-hybridized carbons (Fsp3) is 0.160. The third-order valence-corrected chi connectivity index (χ3v) is 4.92. The molecule has 0 saturated carbocycles. The molecule has 168 valence electrons. The van der Waals surface area contributed by atoms with Crippen molar-refractivity contribution < 1.29 is 19.0 Å². The molecule has 0 aliphatic carbocycles. The molecular weight excluding hydrogens is 420 g/mol. The van der Waals surface area contributed by atoms with E-state index in [0.717, 1.165) is 22.4 Å². The molecule has 0 radical (unpaired) electrons. The Labute approximate surface area is 191 Å². The number of carbonyl (C=O) groups is 1. The lowest BCUT2D eigenvalue weighted by Crippen LogP contribution is -2.07. The zero-order valence-corrected chi connectivity index (χ0v) is 18.4. The van der Waals surface area contributed by atoms with E-state index in [9.17, 15) is 4.79 Å². The lowest BCUT2D eigenvalue weighted by molar-refractivity contribution is -0.111. The summed E-state index contributed by atoms with van der Waals surface area (Å²) in [4.78, 5) is 23.8. The lowest BCUT2D eigenvalue weighted by atomic mass is 10.0. The number of H-pyrrole nitrogens is 1. The number of ether oxygens (including phenoxy) is 3. The van der Waals surface area contributed by atoms with E-state index >= 15 is 0 Å². The first kappa shape index (κ1) is 22.0. The molecule has 4 rings (SSSR count). The highest BCUT2D eigenvalue weighted by Crippen LogP contribution is 2.33. The molecule has 2 heterocycles. The molecule has 0 saturated heterocycles. The van der Waals surface area contributed by atoms with Crippen LogP contribution < -0.4 is 14.8 Å². The summed E-state index contributed by atoms with van der Waals surface area (Å²) in [6.07, 6.45) is 4.63. The van der Waals surface area contributed by atoms with Gasteiger partial charge in [-0.15, -0.1) is 0 Å². The number of benzene rings is 2. The average Bonchev–Trinajstić information content (AvgIpc) is 3.23. The Morgan fingerprint density at radius 2 is 2.03 bits per heavy atom. The molecule has 0 bridgehead atoms. The number of nitrogens with zero attached hydrogens (tertiary/aromatic N) is 2. The number of fused-ring (bicyclic) bond motifs is 1. The Balaban J connectivity index is 1.62. The van der Waals surface area contributed by atoms with Gasteiger partial charge in [-0.05, 0) is 48.4 Å². The van der Waals surface area contributed by atoms with Crippen LogP contribution in [0.2, 0.25) is 0 Å². The lowest BCUT2D eigenvalue weighted by Gasteiger charge is -2.10. The molecular formula is C25H24N4O4. The Morgan fingerprint density at radius 3 is 2.85 bits per heavy atom. The molecule has 0 aliphatic heterocycles. The summed E-state index contributed by atoms with van der Waals surface area (Å²) >= 11 is 0. The molecule has 8 heteroatoms. The van der Waals surface area contributed by atoms with Crippen molar-refractivity contribution in [3.63, 3.8) is 0 Å². The summed E-state index contributed by atoms with van der Waals surface area (Å²) in [5.74, 6) is 1.31. The van der Waals surface area contributed by atoms with E-state index in [2.05, 4.69) is 26.8 Å². The third kappa shape index (κ3) is 5.19. The van der Waals surface area contributed by atoms with Gasteiger partial charge >= 0.3 is 0 Å². The van der Waals surface area contributed by atoms with Crippen molar-refractivity contribution in [1.29, 1.82) is 0 Å². The van der Waals surface area contributed by atoms with E-state index < -0.39 is 0 Å². The molecule has 0 aliphatic rings. The summed E-state index contributed by atoms with van der Waals surface area (Å²) in [6, 6.07) is 12.9. The van der Waals surface area contributed by atoms with Gasteiger partial charge in [-0.1, -0.05) is 18.7 Å². The molecule has 4 aromatic rings. The smallest absolute Gasteiger partial charge is 0.247 e. The predicted octanol–water partition coefficient (Wildman–Crippen LogP) is 4.88. The van der Waals surface area contributed by atoms with Crippen molar-refractivity contribution in [2.75, 3.05) is 25.6 Å². The van der Waals surface area contributed by atoms with Crippen molar-refractivity contribution in [3.05, 3.63) is 73.1 Å². The fourth-order valence-electron chi connectivity index (χ4n) is 3.31. The van der Waals surface area contributed by atoms with Crippen LogP contribution in [0, 0.1) is 6.92 Å². The monoisotopic (exact) mass is 444 g/mol. The minimum atomic E-state index is -0.297. The number of rotatable bonds is 9. The minimum Gasteiger partial charge on any atom is -0.491 e. The maximum absolute atomic E-state index is 11.6. The molecule has 33 heavy (non-hydrogen) atoms. The van der Waals surface area contributed by atoms with Crippen LogP contribution in [0.4, 0.5) is 5.69 Å². The number of amides is 1. The van der Waals surface area contributed by atoms with Gasteiger partial charge in [0.1, 0.15) is 23.6 Å². The van der Waals surface area contributed by atoms with Crippen LogP contribution in [-0.4, -0.2) is 41.2 Å². The van der Waals surface area contributed by atoms with E-state index in [1.807, 2.05) is 31.3 Å². The van der Waals surface area contributed by atoms with Gasteiger partial charge in [0.05, 0.1) is 12.8 Å². The molecule has 0 fully saturated rings. The molecule has 0 unspecified atom stereocenters. The Morgan fingerprint density at radius 1 is 1.15 bits per heavy atom. The molecule has 0 spiro atoms. The Kier molecular flexibility index (Phi) is 6.66. The molecule has 0 atom stereocenters. The van der Waals surface area contributed by atoms with E-state index in [1.165, 1.54) is 6.08 Å². The second-order valence-corrected chi connectivity index (χ2v) is 7.25. The second kappa shape index (κ2) is 9.97. The van der Waals surface area contributed by atoms with Crippen LogP contribution in [0.3, 0.4) is 0 Å². The van der Waals surface area contributed by atoms with E-state index in [0.29, 0.717) is 41.7 Å². The zero-order valence-electron chi connectivity index (χ0n) is 18.4. The maximum atomic E-state index is 11.6. The highest BCUT2D eigenvalue weighted by atomic mass is 16.5. The normalized spacial score (nSPS) is 10.7. The van der Waals surface area contributed by atoms with Gasteiger partial charge in [0.2, 0.25) is 11.8 Å². The van der Waals surface area contributed by atoms with E-state index in [-0.39, 0.29) is 5.91 Å². The highest BCUT2D eigenvalue weighted by Gasteiger charge is 2.14. The predicted molar refractivity (Wildman–Crippen MR) is 127 cm³/mol. The quantitative estimate of drug-likeness (QED) is 0.282. The summed E-state index contributed by atoms with van der Waals surface area (Å²) in [7, 11) is 1.64. The number of nitrogens with one attached hydrogen (secondary N) is 2. The molecule has 2 N–H and O–H groups in total. The van der Waals surface area contributed by atoms with Crippen molar-refractivity contribution in [2.45, 2.75) is 6.92 Å². The number of aromatic amines is 1. The largest absolute Gasteiger partial charge is 0.491 e. The van der Waals surface area contributed by atoms with Gasteiger partial charge in [0.25, 0.3) is 0 Å². The van der Waals surface area contributed by atoms with Crippen molar-refractivity contribution >= 4 is 22.8 Å². The van der Waals surface area contributed by atoms with Gasteiger partial charge in [-0.2, -0.15) is 0 Å². The minimum absolute atomic E-state index is 0.297. The molecule has 8 nitrogen and oxygen atoms in total. The standard InChI is InChI=1S/C25H24N4O4/c1-4-22(30)28-17-6-5-7-19(12-17)33-23-15-27-25-24(29-23)21(14-26-25)20-13-18(9-8-16(20)2)32-11-10-31-3/h4-9,12-15H,1,10-11H2,2-3H3,(H,26,27)(H,28,30). The van der Waals surface area contributed by atoms with Gasteiger partial charge < -0.3 is 24.5 Å². The summed E-state index contributed by atoms with van der Waals surface area (Å²) < 4.78 is 16.7. The average molecular weight is 444 g/mol. The first-order chi connectivity index (χ1) is 16.1. The second-order valence-electron chi connectivity index (χ2n) is 7.25. The topological polar surface area (TPSA) is 98.4 Å². The van der Waals surface area contributed by atoms with Crippen molar-refractivity contribution in [1.82, 2.24) is 15.0 Å². The number of aryl methyl sites for hydroxylation is 1. The third-order valence-electron chi connectivity index (χ3n) is 4.92. The van der Waals surface area contributed by atoms with Gasteiger partial charge in [-0.25, -0.2) is 9.97 Å². The SMILES string of the molecule is C=CC(=O)Nc1cccc(Oc2cnc3[nH]cc(-c4cc(OCCOC)ccc4C)c3n2)c1. The van der Waals surface area contributed by atoms with Crippen LogP contribution in [0.1, 0.15) is 5.56 Å². The van der Waals surface area contributed by atoms with Crippen molar-refractivity contribution in [2.24, 2.45) is 0 Å². The van der Waals surface area contributed by atoms with E-state index in [4.69, 9.17) is 14.2 Å². The Bertz CT molecular complexity index is 1300. The summed E-state index contributed by atoms with van der Waals surface area (Å²) in [6.45, 7) is 6.47. The number of methoxy groups -OCH3 is 1. The highest BCUT2D eigenvalue weighted by molar-refractivity contribution is 5.99. The van der Waals surface area contributed by atoms with Crippen LogP contribution in [0.5, 0.6) is 17.4 Å². The van der Waals surface area contributed by atoms with E-state index in [1.54, 1.807) is 37.6 Å². The molecule has 2 aromatic heterocycles. The first-order valence-electron chi connectivity index (χ1n) is 10.4. The molecule has 1 amide bonds. The summed E-state index contributed by atoms with van der Waals surface area (Å²) in [5, 5.41) is 2.71. The number of carbonyl (C=O) groups excluding carboxylic acids is 1. The van der Waals surface area contributed by atoms with Crippen LogP contribution in [0.25, 0.3) is 22.3 Å². The number of hydrogen-bond acceptors (Lipinski definition) is 6. The fourth-order valence-corrected chi connectivity index (χ4v) is 3.31. The Hall–Kier alpha value is -4.17. The van der Waals surface area contributed by atoms with Gasteiger partial charge in [0, 0.05) is 30.6 Å². The first-order valence-corrected chi connectivity index (χ1v) is 10.4. The zero-order chi connectivity index (χ0) is 23.2. The maximum Gasteiger partial charge on any atom is 0.247 e. The van der Waals surface area contributed by atoms with Crippen LogP contribution in [-0.2, 0) is 9.53 Å². The number of aromatic nitrogens is 3. The summed E-state index contributed by atoms with van der Waals surface area (Å²) in [5.41, 5.74) is 4.88. The van der Waals surface area contributed by atoms with Crippen LogP contribution in [0.15, 0.2) is 67.5 Å². The van der Waals surface area contributed by atoms with Gasteiger partial charge in [-0.3, -0.25) is 4.79 Å². The number of anilines is 1. The van der Waals surface area contributed by atoms with Gasteiger partial charge in [0.15, 0.2) is 5.65 Å². The molecule has 2 aromatic carbocycles.